The van der Waals surface area contributed by atoms with Crippen molar-refractivity contribution in [1.29, 1.82) is 0 Å². The number of aromatic amines is 1. The van der Waals surface area contributed by atoms with E-state index in [2.05, 4.69) is 15.3 Å². The first kappa shape index (κ1) is 29.9. The van der Waals surface area contributed by atoms with Crippen LogP contribution in [-0.4, -0.2) is 39.6 Å². The lowest BCUT2D eigenvalue weighted by Gasteiger charge is -2.36. The molecule has 1 amide bonds. The summed E-state index contributed by atoms with van der Waals surface area (Å²) < 4.78 is 124. The minimum absolute atomic E-state index is 0.0932. The molecule has 0 aliphatic carbocycles. The SMILES string of the molecule is Cc1nc(-c2c(C(F)(F)F)ccc(CNC(=O)C3(F)CCN(c4ccc(C(F)(F)F)cn4)CC3)c2F)[nH]c(=O)c1F. The number of piperidine rings is 1. The largest absolute Gasteiger partial charge is 0.417 e. The lowest BCUT2D eigenvalue weighted by molar-refractivity contribution is -0.138. The van der Waals surface area contributed by atoms with Crippen molar-refractivity contribution in [3.63, 3.8) is 0 Å². The summed E-state index contributed by atoms with van der Waals surface area (Å²) in [6.45, 7) is 0.0764. The third-order valence-corrected chi connectivity index (χ3v) is 6.59. The highest BCUT2D eigenvalue weighted by Gasteiger charge is 2.42. The first-order valence-electron chi connectivity index (χ1n) is 11.9. The van der Waals surface area contributed by atoms with Crippen molar-refractivity contribution < 1.29 is 44.3 Å². The highest BCUT2D eigenvalue weighted by atomic mass is 19.4. The predicted octanol–water partition coefficient (Wildman–Crippen LogP) is 5.08. The van der Waals surface area contributed by atoms with Crippen LogP contribution in [0.15, 0.2) is 35.3 Å². The number of hydrogen-bond acceptors (Lipinski definition) is 5. The van der Waals surface area contributed by atoms with Gasteiger partial charge in [0.15, 0.2) is 5.67 Å². The molecule has 0 unspecified atom stereocenters. The number of nitrogens with zero attached hydrogens (tertiary/aromatic N) is 3. The van der Waals surface area contributed by atoms with Crippen LogP contribution in [0.4, 0.5) is 45.3 Å². The van der Waals surface area contributed by atoms with Crippen LogP contribution in [0, 0.1) is 18.6 Å². The molecular formula is C25H20F9N5O2. The van der Waals surface area contributed by atoms with E-state index in [1.807, 2.05) is 0 Å². The van der Waals surface area contributed by atoms with Gasteiger partial charge in [-0.25, -0.2) is 18.7 Å². The highest BCUT2D eigenvalue weighted by Crippen LogP contribution is 2.38. The number of benzene rings is 1. The van der Waals surface area contributed by atoms with Gasteiger partial charge in [0.05, 0.1) is 22.4 Å². The molecule has 4 rings (SSSR count). The Hall–Kier alpha value is -4.11. The fourth-order valence-electron chi connectivity index (χ4n) is 4.31. The molecule has 7 nitrogen and oxygen atoms in total. The Bertz CT molecular complexity index is 1510. The second-order valence-electron chi connectivity index (χ2n) is 9.31. The van der Waals surface area contributed by atoms with Gasteiger partial charge in [0.2, 0.25) is 5.82 Å². The van der Waals surface area contributed by atoms with Crippen LogP contribution in [0.1, 0.15) is 35.2 Å². The molecule has 1 aliphatic heterocycles. The van der Waals surface area contributed by atoms with Crippen LogP contribution in [0.3, 0.4) is 0 Å². The molecule has 3 aromatic rings. The van der Waals surface area contributed by atoms with E-state index in [1.165, 1.54) is 4.90 Å². The second-order valence-corrected chi connectivity index (χ2v) is 9.31. The molecule has 0 bridgehead atoms. The molecule has 41 heavy (non-hydrogen) atoms. The number of rotatable bonds is 5. The molecule has 0 saturated carbocycles. The zero-order valence-corrected chi connectivity index (χ0v) is 21.0. The van der Waals surface area contributed by atoms with E-state index in [4.69, 9.17) is 0 Å². The Morgan fingerprint density at radius 1 is 1.02 bits per heavy atom. The second kappa shape index (κ2) is 10.7. The van der Waals surface area contributed by atoms with Gasteiger partial charge in [0, 0.05) is 44.2 Å². The van der Waals surface area contributed by atoms with Gasteiger partial charge in [0.25, 0.3) is 11.5 Å². The molecular weight excluding hydrogens is 573 g/mol. The number of pyridine rings is 1. The number of aryl methyl sites for hydroxylation is 1. The quantitative estimate of drug-likeness (QED) is 0.403. The number of hydrogen-bond donors (Lipinski definition) is 2. The summed E-state index contributed by atoms with van der Waals surface area (Å²) in [5.41, 5.74) is -8.63. The molecule has 2 N–H and O–H groups in total. The van der Waals surface area contributed by atoms with Gasteiger partial charge in [-0.05, 0) is 25.1 Å². The summed E-state index contributed by atoms with van der Waals surface area (Å²) in [7, 11) is 0. The van der Waals surface area contributed by atoms with Gasteiger partial charge in [-0.3, -0.25) is 9.59 Å². The van der Waals surface area contributed by atoms with E-state index in [1.54, 1.807) is 4.98 Å². The first-order chi connectivity index (χ1) is 19.0. The monoisotopic (exact) mass is 593 g/mol. The number of H-pyrrole nitrogens is 1. The van der Waals surface area contributed by atoms with Crippen molar-refractivity contribution in [2.45, 2.75) is 44.3 Å². The van der Waals surface area contributed by atoms with E-state index < -0.39 is 94.3 Å². The Labute approximate surface area is 225 Å². The summed E-state index contributed by atoms with van der Waals surface area (Å²) in [4.78, 5) is 34.9. The third kappa shape index (κ3) is 6.15. The van der Waals surface area contributed by atoms with Gasteiger partial charge in [0.1, 0.15) is 17.5 Å². The molecule has 1 aliphatic rings. The fourth-order valence-corrected chi connectivity index (χ4v) is 4.31. The fraction of sp³-hybridized carbons (Fsp3) is 0.360. The zero-order valence-electron chi connectivity index (χ0n) is 21.0. The molecule has 0 radical (unpaired) electrons. The van der Waals surface area contributed by atoms with Crippen LogP contribution >= 0.6 is 0 Å². The Kier molecular flexibility index (Phi) is 7.80. The molecule has 16 heteroatoms. The molecule has 2 aromatic heterocycles. The summed E-state index contributed by atoms with van der Waals surface area (Å²) in [5.74, 6) is -4.81. The van der Waals surface area contributed by atoms with Crippen LogP contribution in [0.25, 0.3) is 11.4 Å². The minimum Gasteiger partial charge on any atom is -0.356 e. The van der Waals surface area contributed by atoms with Crippen LogP contribution in [0.5, 0.6) is 0 Å². The summed E-state index contributed by atoms with van der Waals surface area (Å²) >= 11 is 0. The number of alkyl halides is 7. The standard InChI is InChI=1S/C25H20F9N5O2/c1-12-18(26)21(40)38-20(37-12)17-15(25(32,33)34)4-2-13(19(17)27)10-36-22(41)23(28)6-8-39(9-7-23)16-5-3-14(11-35-16)24(29,30)31/h2-5,11H,6-10H2,1H3,(H,36,41)(H,37,38,40). The highest BCUT2D eigenvalue weighted by molar-refractivity contribution is 5.85. The lowest BCUT2D eigenvalue weighted by atomic mass is 9.92. The van der Waals surface area contributed by atoms with Crippen LogP contribution < -0.4 is 15.8 Å². The van der Waals surface area contributed by atoms with E-state index in [0.717, 1.165) is 25.1 Å². The first-order valence-corrected chi connectivity index (χ1v) is 11.9. The van der Waals surface area contributed by atoms with E-state index in [-0.39, 0.29) is 18.9 Å². The molecule has 1 saturated heterocycles. The topological polar surface area (TPSA) is 91.0 Å². The van der Waals surface area contributed by atoms with Crippen molar-refractivity contribution in [3.8, 4) is 11.4 Å². The Balaban J connectivity index is 1.50. The van der Waals surface area contributed by atoms with E-state index in [9.17, 15) is 40.3 Å². The van der Waals surface area contributed by atoms with Gasteiger partial charge >= 0.3 is 12.4 Å². The van der Waals surface area contributed by atoms with Gasteiger partial charge in [-0.2, -0.15) is 30.7 Å². The number of nitrogens with one attached hydrogen (secondary N) is 2. The molecule has 1 aromatic carbocycles. The molecule has 1 fully saturated rings. The molecule has 3 heterocycles. The van der Waals surface area contributed by atoms with Crippen molar-refractivity contribution in [3.05, 3.63) is 74.8 Å². The smallest absolute Gasteiger partial charge is 0.356 e. The van der Waals surface area contributed by atoms with E-state index in [0.29, 0.717) is 12.3 Å². The zero-order chi connectivity index (χ0) is 30.3. The number of aromatic nitrogens is 3. The van der Waals surface area contributed by atoms with Crippen molar-refractivity contribution in [2.75, 3.05) is 18.0 Å². The predicted molar refractivity (Wildman–Crippen MR) is 126 cm³/mol. The maximum absolute atomic E-state index is 15.4. The molecule has 220 valence electrons. The summed E-state index contributed by atoms with van der Waals surface area (Å²) in [6.07, 6.45) is -9.86. The number of carbonyl (C=O) groups is 1. The van der Waals surface area contributed by atoms with Crippen molar-refractivity contribution in [1.82, 2.24) is 20.3 Å². The lowest BCUT2D eigenvalue weighted by Crippen LogP contribution is -2.51. The van der Waals surface area contributed by atoms with Crippen molar-refractivity contribution in [2.24, 2.45) is 0 Å². The average Bonchev–Trinajstić information content (AvgIpc) is 2.90. The number of anilines is 1. The minimum atomic E-state index is -5.10. The summed E-state index contributed by atoms with van der Waals surface area (Å²) in [6, 6.07) is 3.14. The van der Waals surface area contributed by atoms with Gasteiger partial charge < -0.3 is 15.2 Å². The number of halogens is 9. The van der Waals surface area contributed by atoms with Gasteiger partial charge in [-0.1, -0.05) is 6.07 Å². The number of amides is 1. The third-order valence-electron chi connectivity index (χ3n) is 6.59. The maximum atomic E-state index is 15.4. The van der Waals surface area contributed by atoms with Crippen LogP contribution in [-0.2, 0) is 23.7 Å². The molecule has 0 atom stereocenters. The van der Waals surface area contributed by atoms with Crippen molar-refractivity contribution >= 4 is 11.7 Å². The normalized spacial score (nSPS) is 15.6. The van der Waals surface area contributed by atoms with E-state index >= 15 is 8.78 Å². The van der Waals surface area contributed by atoms with Gasteiger partial charge in [-0.15, -0.1) is 0 Å². The molecule has 0 spiro atoms. The van der Waals surface area contributed by atoms with Crippen LogP contribution in [0.2, 0.25) is 0 Å². The Morgan fingerprint density at radius 3 is 2.22 bits per heavy atom. The Morgan fingerprint density at radius 2 is 1.68 bits per heavy atom. The average molecular weight is 593 g/mol. The maximum Gasteiger partial charge on any atom is 0.417 e. The summed E-state index contributed by atoms with van der Waals surface area (Å²) in [5, 5.41) is 2.15. The number of carbonyl (C=O) groups excluding carboxylic acids is 1.